The molecule has 4 heteroatoms. The highest BCUT2D eigenvalue weighted by Gasteiger charge is 2.33. The fourth-order valence-electron chi connectivity index (χ4n) is 2.33. The van der Waals surface area contributed by atoms with Crippen molar-refractivity contribution in [2.75, 3.05) is 19.7 Å². The standard InChI is InChI=1S/C12H23NO3/c1-9(2)16-8-7-13-6-4-5-10(3)11(13)12(14)15/h9-11H,4-8H2,1-3H3,(H,14,15). The average Bonchev–Trinajstić information content (AvgIpc) is 2.16. The van der Waals surface area contributed by atoms with Crippen LogP contribution in [0, 0.1) is 5.92 Å². The van der Waals surface area contributed by atoms with Crippen LogP contribution in [0.4, 0.5) is 0 Å². The molecular formula is C12H23NO3. The summed E-state index contributed by atoms with van der Waals surface area (Å²) in [6, 6.07) is -0.329. The summed E-state index contributed by atoms with van der Waals surface area (Å²) in [7, 11) is 0. The maximum atomic E-state index is 11.2. The first-order valence-electron chi connectivity index (χ1n) is 6.11. The third kappa shape index (κ3) is 3.76. The van der Waals surface area contributed by atoms with E-state index in [9.17, 15) is 9.90 Å². The molecule has 0 saturated carbocycles. The Bertz CT molecular complexity index is 230. The summed E-state index contributed by atoms with van der Waals surface area (Å²) in [4.78, 5) is 13.2. The highest BCUT2D eigenvalue weighted by Crippen LogP contribution is 2.23. The Labute approximate surface area is 97.6 Å². The maximum absolute atomic E-state index is 11.2. The van der Waals surface area contributed by atoms with Crippen LogP contribution < -0.4 is 0 Å². The molecule has 0 aromatic rings. The minimum Gasteiger partial charge on any atom is -0.480 e. The zero-order chi connectivity index (χ0) is 12.1. The molecule has 4 nitrogen and oxygen atoms in total. The Morgan fingerprint density at radius 1 is 1.56 bits per heavy atom. The molecular weight excluding hydrogens is 206 g/mol. The fraction of sp³-hybridized carbons (Fsp3) is 0.917. The molecule has 0 aromatic heterocycles. The van der Waals surface area contributed by atoms with Crippen LogP contribution in [0.1, 0.15) is 33.6 Å². The number of carbonyl (C=O) groups is 1. The molecule has 1 N–H and O–H groups in total. The van der Waals surface area contributed by atoms with Gasteiger partial charge in [0.15, 0.2) is 0 Å². The van der Waals surface area contributed by atoms with Gasteiger partial charge in [0, 0.05) is 6.54 Å². The van der Waals surface area contributed by atoms with Gasteiger partial charge in [-0.25, -0.2) is 0 Å². The Hall–Kier alpha value is -0.610. The normalized spacial score (nSPS) is 27.2. The summed E-state index contributed by atoms with van der Waals surface area (Å²) in [5.41, 5.74) is 0. The maximum Gasteiger partial charge on any atom is 0.321 e. The second-order valence-corrected chi connectivity index (χ2v) is 4.86. The molecule has 1 aliphatic heterocycles. The Morgan fingerprint density at radius 2 is 2.25 bits per heavy atom. The second kappa shape index (κ2) is 6.21. The molecule has 0 aromatic carbocycles. The van der Waals surface area contributed by atoms with Gasteiger partial charge >= 0.3 is 5.97 Å². The summed E-state index contributed by atoms with van der Waals surface area (Å²) in [6.45, 7) is 8.23. The Kier molecular flexibility index (Phi) is 5.22. The first kappa shape index (κ1) is 13.5. The number of carboxylic acids is 1. The van der Waals surface area contributed by atoms with Crippen molar-refractivity contribution >= 4 is 5.97 Å². The van der Waals surface area contributed by atoms with E-state index in [1.807, 2.05) is 25.7 Å². The largest absolute Gasteiger partial charge is 0.480 e. The lowest BCUT2D eigenvalue weighted by molar-refractivity contribution is -0.147. The van der Waals surface area contributed by atoms with Crippen LogP contribution in [-0.4, -0.2) is 47.8 Å². The number of nitrogens with zero attached hydrogens (tertiary/aromatic N) is 1. The summed E-state index contributed by atoms with van der Waals surface area (Å²) >= 11 is 0. The molecule has 0 spiro atoms. The molecule has 1 rings (SSSR count). The molecule has 1 saturated heterocycles. The van der Waals surface area contributed by atoms with E-state index in [0.29, 0.717) is 6.61 Å². The Balaban J connectivity index is 2.45. The van der Waals surface area contributed by atoms with Crippen molar-refractivity contribution in [1.29, 1.82) is 0 Å². The number of likely N-dealkylation sites (tertiary alicyclic amines) is 1. The molecule has 1 heterocycles. The molecule has 1 aliphatic rings. The second-order valence-electron chi connectivity index (χ2n) is 4.86. The van der Waals surface area contributed by atoms with Crippen molar-refractivity contribution in [3.8, 4) is 0 Å². The van der Waals surface area contributed by atoms with Crippen LogP contribution in [0.5, 0.6) is 0 Å². The molecule has 1 fully saturated rings. The van der Waals surface area contributed by atoms with Gasteiger partial charge in [0.05, 0.1) is 12.7 Å². The lowest BCUT2D eigenvalue weighted by Crippen LogP contribution is -2.50. The van der Waals surface area contributed by atoms with Gasteiger partial charge in [-0.05, 0) is 39.2 Å². The van der Waals surface area contributed by atoms with Gasteiger partial charge in [-0.1, -0.05) is 6.92 Å². The van der Waals surface area contributed by atoms with Crippen molar-refractivity contribution < 1.29 is 14.6 Å². The zero-order valence-electron chi connectivity index (χ0n) is 10.5. The van der Waals surface area contributed by atoms with Crippen LogP contribution in [0.15, 0.2) is 0 Å². The molecule has 0 bridgehead atoms. The van der Waals surface area contributed by atoms with E-state index >= 15 is 0 Å². The summed E-state index contributed by atoms with van der Waals surface area (Å²) in [5.74, 6) is -0.456. The predicted octanol–water partition coefficient (Wildman–Crippen LogP) is 1.60. The van der Waals surface area contributed by atoms with E-state index < -0.39 is 5.97 Å². The van der Waals surface area contributed by atoms with Gasteiger partial charge in [0.1, 0.15) is 6.04 Å². The van der Waals surface area contributed by atoms with Gasteiger partial charge in [-0.15, -0.1) is 0 Å². The van der Waals surface area contributed by atoms with E-state index in [4.69, 9.17) is 4.74 Å². The van der Waals surface area contributed by atoms with Crippen molar-refractivity contribution in [1.82, 2.24) is 4.90 Å². The first-order chi connectivity index (χ1) is 7.52. The van der Waals surface area contributed by atoms with Crippen LogP contribution in [0.2, 0.25) is 0 Å². The van der Waals surface area contributed by atoms with E-state index in [1.165, 1.54) is 0 Å². The smallest absolute Gasteiger partial charge is 0.321 e. The quantitative estimate of drug-likeness (QED) is 0.778. The summed E-state index contributed by atoms with van der Waals surface area (Å²) < 4.78 is 5.47. The van der Waals surface area contributed by atoms with Crippen molar-refractivity contribution in [2.24, 2.45) is 5.92 Å². The van der Waals surface area contributed by atoms with E-state index in [2.05, 4.69) is 0 Å². The number of hydrogen-bond acceptors (Lipinski definition) is 3. The minimum atomic E-state index is -0.697. The molecule has 94 valence electrons. The van der Waals surface area contributed by atoms with Crippen LogP contribution in [0.25, 0.3) is 0 Å². The van der Waals surface area contributed by atoms with Crippen LogP contribution in [-0.2, 0) is 9.53 Å². The SMILES string of the molecule is CC(C)OCCN1CCCC(C)C1C(=O)O. The average molecular weight is 229 g/mol. The predicted molar refractivity (Wildman–Crippen MR) is 62.5 cm³/mol. The lowest BCUT2D eigenvalue weighted by atomic mass is 9.91. The minimum absolute atomic E-state index is 0.213. The van der Waals surface area contributed by atoms with Crippen molar-refractivity contribution in [3.63, 3.8) is 0 Å². The molecule has 2 atom stereocenters. The molecule has 0 aliphatic carbocycles. The van der Waals surface area contributed by atoms with Gasteiger partial charge in [-0.3, -0.25) is 9.69 Å². The van der Waals surface area contributed by atoms with Gasteiger partial charge < -0.3 is 9.84 Å². The lowest BCUT2D eigenvalue weighted by Gasteiger charge is -2.37. The number of piperidine rings is 1. The Morgan fingerprint density at radius 3 is 2.81 bits per heavy atom. The first-order valence-corrected chi connectivity index (χ1v) is 6.11. The third-order valence-corrected chi connectivity index (χ3v) is 3.12. The monoisotopic (exact) mass is 229 g/mol. The topological polar surface area (TPSA) is 49.8 Å². The van der Waals surface area contributed by atoms with Gasteiger partial charge in [0.25, 0.3) is 0 Å². The summed E-state index contributed by atoms with van der Waals surface area (Å²) in [5, 5.41) is 9.21. The van der Waals surface area contributed by atoms with Gasteiger partial charge in [0.2, 0.25) is 0 Å². The number of aliphatic carboxylic acids is 1. The summed E-state index contributed by atoms with van der Waals surface area (Å²) in [6.07, 6.45) is 2.32. The van der Waals surface area contributed by atoms with Crippen molar-refractivity contribution in [3.05, 3.63) is 0 Å². The van der Waals surface area contributed by atoms with Gasteiger partial charge in [-0.2, -0.15) is 0 Å². The molecule has 16 heavy (non-hydrogen) atoms. The van der Waals surface area contributed by atoms with E-state index in [-0.39, 0.29) is 18.1 Å². The fourth-order valence-corrected chi connectivity index (χ4v) is 2.33. The van der Waals surface area contributed by atoms with Crippen LogP contribution >= 0.6 is 0 Å². The number of hydrogen-bond donors (Lipinski definition) is 1. The number of rotatable bonds is 5. The highest BCUT2D eigenvalue weighted by atomic mass is 16.5. The zero-order valence-corrected chi connectivity index (χ0v) is 10.5. The number of ether oxygens (including phenoxy) is 1. The number of carboxylic acid groups (broad SMARTS) is 1. The highest BCUT2D eigenvalue weighted by molar-refractivity contribution is 5.74. The molecule has 0 radical (unpaired) electrons. The molecule has 2 unspecified atom stereocenters. The van der Waals surface area contributed by atoms with Crippen molar-refractivity contribution in [2.45, 2.75) is 45.8 Å². The molecule has 0 amide bonds. The van der Waals surface area contributed by atoms with E-state index in [0.717, 1.165) is 25.9 Å². The third-order valence-electron chi connectivity index (χ3n) is 3.12. The van der Waals surface area contributed by atoms with Crippen LogP contribution in [0.3, 0.4) is 0 Å². The van der Waals surface area contributed by atoms with E-state index in [1.54, 1.807) is 0 Å².